The van der Waals surface area contributed by atoms with Crippen LogP contribution in [-0.2, 0) is 14.3 Å². The second kappa shape index (κ2) is 16.0. The molecule has 0 radical (unpaired) electrons. The summed E-state index contributed by atoms with van der Waals surface area (Å²) in [6.07, 6.45) is 5.93. The van der Waals surface area contributed by atoms with Crippen LogP contribution in [0.2, 0.25) is 0 Å². The van der Waals surface area contributed by atoms with Crippen molar-refractivity contribution in [3.05, 3.63) is 0 Å². The molecule has 2 atom stereocenters. The zero-order valence-corrected chi connectivity index (χ0v) is 22.2. The molecule has 0 saturated carbocycles. The van der Waals surface area contributed by atoms with Crippen LogP contribution in [0.5, 0.6) is 0 Å². The van der Waals surface area contributed by atoms with Gasteiger partial charge in [-0.2, -0.15) is 0 Å². The van der Waals surface area contributed by atoms with Crippen molar-refractivity contribution in [2.75, 3.05) is 66.6 Å². The van der Waals surface area contributed by atoms with Gasteiger partial charge in [-0.05, 0) is 25.2 Å². The van der Waals surface area contributed by atoms with Gasteiger partial charge in [0.1, 0.15) is 6.54 Å². The molecular weight excluding hydrogens is 509 g/mol. The Morgan fingerprint density at radius 1 is 1.13 bits per heavy atom. The summed E-state index contributed by atoms with van der Waals surface area (Å²) in [6, 6.07) is 0.423. The Morgan fingerprint density at radius 3 is 2.42 bits per heavy atom. The molecule has 0 aromatic rings. The van der Waals surface area contributed by atoms with Gasteiger partial charge in [0.25, 0.3) is 0 Å². The van der Waals surface area contributed by atoms with E-state index in [2.05, 4.69) is 34.4 Å². The zero-order chi connectivity index (χ0) is 21.8. The summed E-state index contributed by atoms with van der Waals surface area (Å²) in [5.41, 5.74) is 0. The number of likely N-dealkylation sites (N-methyl/N-ethyl adjacent to an activating group) is 1. The number of morpholine rings is 1. The average Bonchev–Trinajstić information content (AvgIpc) is 2.78. The molecule has 31 heavy (non-hydrogen) atoms. The molecule has 182 valence electrons. The molecule has 8 nitrogen and oxygen atoms in total. The fourth-order valence-corrected chi connectivity index (χ4v) is 4.18. The van der Waals surface area contributed by atoms with Crippen LogP contribution in [-0.4, -0.2) is 100 Å². The predicted molar refractivity (Wildman–Crippen MR) is 136 cm³/mol. The fraction of sp³-hybridized carbons (Fsp3) is 0.909. The summed E-state index contributed by atoms with van der Waals surface area (Å²) < 4.78 is 11.4. The van der Waals surface area contributed by atoms with E-state index in [1.165, 1.54) is 6.42 Å². The van der Waals surface area contributed by atoms with Crippen LogP contribution in [0.4, 0.5) is 0 Å². The first kappa shape index (κ1) is 28.4. The van der Waals surface area contributed by atoms with Gasteiger partial charge in [0.05, 0.1) is 19.3 Å². The molecule has 2 heterocycles. The van der Waals surface area contributed by atoms with Gasteiger partial charge in [-0.3, -0.25) is 9.69 Å². The van der Waals surface area contributed by atoms with Crippen LogP contribution in [0.15, 0.2) is 4.99 Å². The van der Waals surface area contributed by atoms with E-state index in [1.54, 1.807) is 19.0 Å². The number of hydrogen-bond donors (Lipinski definition) is 2. The molecule has 2 unspecified atom stereocenters. The highest BCUT2D eigenvalue weighted by Gasteiger charge is 2.27. The number of halogens is 1. The summed E-state index contributed by atoms with van der Waals surface area (Å²) >= 11 is 0. The van der Waals surface area contributed by atoms with E-state index < -0.39 is 0 Å². The van der Waals surface area contributed by atoms with Gasteiger partial charge in [-0.1, -0.05) is 26.7 Å². The van der Waals surface area contributed by atoms with Crippen LogP contribution in [0, 0.1) is 5.92 Å². The number of nitrogens with one attached hydrogen (secondary N) is 2. The first-order chi connectivity index (χ1) is 14.5. The van der Waals surface area contributed by atoms with Crippen molar-refractivity contribution < 1.29 is 14.3 Å². The predicted octanol–water partition coefficient (Wildman–Crippen LogP) is 1.93. The molecule has 0 aliphatic carbocycles. The van der Waals surface area contributed by atoms with Gasteiger partial charge < -0.3 is 25.0 Å². The molecule has 9 heteroatoms. The lowest BCUT2D eigenvalue weighted by Gasteiger charge is -2.39. The Balaban J connectivity index is 0.00000480. The normalized spacial score (nSPS) is 21.3. The topological polar surface area (TPSA) is 78.4 Å². The molecule has 2 fully saturated rings. The quantitative estimate of drug-likeness (QED) is 0.245. The number of rotatable bonds is 10. The Hall–Kier alpha value is -0.650. The Bertz CT molecular complexity index is 519. The van der Waals surface area contributed by atoms with Crippen molar-refractivity contribution in [1.82, 2.24) is 20.4 Å². The minimum absolute atomic E-state index is 0. The first-order valence-corrected chi connectivity index (χ1v) is 11.7. The van der Waals surface area contributed by atoms with Crippen LogP contribution in [0.3, 0.4) is 0 Å². The van der Waals surface area contributed by atoms with Gasteiger partial charge in [-0.15, -0.1) is 24.0 Å². The number of aliphatic imine (C=N–C) groups is 1. The third kappa shape index (κ3) is 10.2. The summed E-state index contributed by atoms with van der Waals surface area (Å²) in [4.78, 5) is 20.7. The van der Waals surface area contributed by atoms with E-state index in [-0.39, 0.29) is 42.5 Å². The van der Waals surface area contributed by atoms with Gasteiger partial charge in [0, 0.05) is 52.9 Å². The van der Waals surface area contributed by atoms with Crippen LogP contribution in [0.25, 0.3) is 0 Å². The molecule has 0 aromatic carbocycles. The highest BCUT2D eigenvalue weighted by atomic mass is 127. The third-order valence-corrected chi connectivity index (χ3v) is 6.23. The minimum Gasteiger partial charge on any atom is -0.379 e. The molecular formula is C22H44IN5O3. The molecule has 0 spiro atoms. The van der Waals surface area contributed by atoms with Gasteiger partial charge in [0.2, 0.25) is 5.91 Å². The lowest BCUT2D eigenvalue weighted by Crippen LogP contribution is -2.54. The molecule has 2 rings (SSSR count). The van der Waals surface area contributed by atoms with Crippen LogP contribution < -0.4 is 10.6 Å². The second-order valence-corrected chi connectivity index (χ2v) is 8.50. The lowest BCUT2D eigenvalue weighted by atomic mass is 9.92. The SMILES string of the molecule is CCC(CC)C(CNC(=NCC(=O)N(C)C)NCC1CCCCO1)N1CCOCC1.I. The van der Waals surface area contributed by atoms with Crippen molar-refractivity contribution in [2.24, 2.45) is 10.9 Å². The van der Waals surface area contributed by atoms with E-state index >= 15 is 0 Å². The van der Waals surface area contributed by atoms with Gasteiger partial charge in [0.15, 0.2) is 5.96 Å². The molecule has 2 N–H and O–H groups in total. The second-order valence-electron chi connectivity index (χ2n) is 8.50. The van der Waals surface area contributed by atoms with Crippen LogP contribution >= 0.6 is 24.0 Å². The lowest BCUT2D eigenvalue weighted by molar-refractivity contribution is -0.127. The molecule has 0 bridgehead atoms. The molecule has 2 aliphatic rings. The number of guanidine groups is 1. The third-order valence-electron chi connectivity index (χ3n) is 6.23. The smallest absolute Gasteiger partial charge is 0.243 e. The number of nitrogens with zero attached hydrogens (tertiary/aromatic N) is 3. The Labute approximate surface area is 205 Å². The maximum atomic E-state index is 12.1. The standard InChI is InChI=1S/C22H43N5O3.HI/c1-5-18(6-2)20(27-10-13-29-14-11-27)16-24-22(25-17-21(28)26(3)4)23-15-19-9-7-8-12-30-19;/h18-20H,5-17H2,1-4H3,(H2,23,24,25);1H. The maximum absolute atomic E-state index is 12.1. The van der Waals surface area contributed by atoms with E-state index in [0.717, 1.165) is 71.7 Å². The van der Waals surface area contributed by atoms with Crippen molar-refractivity contribution in [3.8, 4) is 0 Å². The number of carbonyl (C=O) groups is 1. The van der Waals surface area contributed by atoms with E-state index in [4.69, 9.17) is 9.47 Å². The Kier molecular flexibility index (Phi) is 14.7. The van der Waals surface area contributed by atoms with Gasteiger partial charge >= 0.3 is 0 Å². The summed E-state index contributed by atoms with van der Waals surface area (Å²) in [5.74, 6) is 1.31. The monoisotopic (exact) mass is 553 g/mol. The number of carbonyl (C=O) groups excluding carboxylic acids is 1. The van der Waals surface area contributed by atoms with Crippen molar-refractivity contribution in [3.63, 3.8) is 0 Å². The molecule has 2 saturated heterocycles. The summed E-state index contributed by atoms with van der Waals surface area (Å²) in [7, 11) is 3.52. The van der Waals surface area contributed by atoms with Gasteiger partial charge in [-0.25, -0.2) is 4.99 Å². The van der Waals surface area contributed by atoms with E-state index in [0.29, 0.717) is 17.9 Å². The minimum atomic E-state index is -0.00487. The highest BCUT2D eigenvalue weighted by Crippen LogP contribution is 2.19. The van der Waals surface area contributed by atoms with E-state index in [1.807, 2.05) is 0 Å². The molecule has 0 aromatic heterocycles. The van der Waals surface area contributed by atoms with Crippen LogP contribution in [0.1, 0.15) is 46.0 Å². The largest absolute Gasteiger partial charge is 0.379 e. The number of amides is 1. The molecule has 1 amide bonds. The molecule has 2 aliphatic heterocycles. The van der Waals surface area contributed by atoms with Crippen molar-refractivity contribution in [1.29, 1.82) is 0 Å². The summed E-state index contributed by atoms with van der Waals surface area (Å²) in [6.45, 7) is 10.6. The fourth-order valence-electron chi connectivity index (χ4n) is 4.18. The van der Waals surface area contributed by atoms with E-state index in [9.17, 15) is 4.79 Å². The zero-order valence-electron chi connectivity index (χ0n) is 19.9. The first-order valence-electron chi connectivity index (χ1n) is 11.7. The Morgan fingerprint density at radius 2 is 1.84 bits per heavy atom. The maximum Gasteiger partial charge on any atom is 0.243 e. The number of ether oxygens (including phenoxy) is 2. The average molecular weight is 554 g/mol. The summed E-state index contributed by atoms with van der Waals surface area (Å²) in [5, 5.41) is 6.95. The highest BCUT2D eigenvalue weighted by molar-refractivity contribution is 14.0. The van der Waals surface area contributed by atoms with Crippen molar-refractivity contribution in [2.45, 2.75) is 58.1 Å². The number of hydrogen-bond acceptors (Lipinski definition) is 5. The van der Waals surface area contributed by atoms with Crippen molar-refractivity contribution >= 4 is 35.8 Å².